The number of benzene rings is 1. The third-order valence-corrected chi connectivity index (χ3v) is 7.15. The van der Waals surface area contributed by atoms with Crippen LogP contribution in [-0.4, -0.2) is 66.6 Å². The zero-order valence-corrected chi connectivity index (χ0v) is 16.7. The molecule has 1 aromatic heterocycles. The summed E-state index contributed by atoms with van der Waals surface area (Å²) in [6, 6.07) is 12.5. The van der Waals surface area contributed by atoms with Crippen molar-refractivity contribution < 1.29 is 18.0 Å². The molecular weight excluding hydrogens is 392 g/mol. The van der Waals surface area contributed by atoms with Crippen molar-refractivity contribution in [2.45, 2.75) is 23.8 Å². The predicted molar refractivity (Wildman–Crippen MR) is 107 cm³/mol. The Morgan fingerprint density at radius 1 is 0.966 bits per heavy atom. The maximum atomic E-state index is 13.1. The van der Waals surface area contributed by atoms with E-state index in [9.17, 15) is 18.0 Å². The summed E-state index contributed by atoms with van der Waals surface area (Å²) in [6.45, 7) is 2.13. The van der Waals surface area contributed by atoms with Crippen LogP contribution in [0.5, 0.6) is 0 Å². The molecule has 152 valence electrons. The van der Waals surface area contributed by atoms with Gasteiger partial charge in [0.1, 0.15) is 11.9 Å². The Hall–Kier alpha value is -2.94. The second-order valence-electron chi connectivity index (χ2n) is 7.06. The van der Waals surface area contributed by atoms with Gasteiger partial charge in [-0.3, -0.25) is 9.59 Å². The molecule has 2 fully saturated rings. The number of pyridine rings is 1. The molecule has 2 aromatic rings. The van der Waals surface area contributed by atoms with Gasteiger partial charge in [-0.1, -0.05) is 24.3 Å². The molecule has 0 spiro atoms. The second kappa shape index (κ2) is 7.82. The predicted octanol–water partition coefficient (Wildman–Crippen LogP) is 1.11. The number of nitrogens with zero attached hydrogens (tertiary/aromatic N) is 4. The molecule has 8 nitrogen and oxygen atoms in total. The van der Waals surface area contributed by atoms with E-state index in [-0.39, 0.29) is 23.6 Å². The lowest BCUT2D eigenvalue weighted by molar-refractivity contribution is -0.138. The molecule has 0 aliphatic carbocycles. The third kappa shape index (κ3) is 3.69. The minimum absolute atomic E-state index is 0.0213. The van der Waals surface area contributed by atoms with E-state index in [4.69, 9.17) is 0 Å². The van der Waals surface area contributed by atoms with E-state index in [1.165, 1.54) is 12.1 Å². The van der Waals surface area contributed by atoms with Gasteiger partial charge in [-0.25, -0.2) is 17.7 Å². The monoisotopic (exact) mass is 414 g/mol. The smallest absolute Gasteiger partial charge is 0.267 e. The average molecular weight is 414 g/mol. The van der Waals surface area contributed by atoms with E-state index in [1.54, 1.807) is 29.3 Å². The van der Waals surface area contributed by atoms with Crippen LogP contribution in [0.4, 0.5) is 5.82 Å². The van der Waals surface area contributed by atoms with E-state index in [0.29, 0.717) is 26.2 Å². The lowest BCUT2D eigenvalue weighted by atomic mass is 10.2. The fourth-order valence-electron chi connectivity index (χ4n) is 3.80. The number of sulfonamides is 1. The first kappa shape index (κ1) is 19.4. The van der Waals surface area contributed by atoms with Crippen molar-refractivity contribution in [3.05, 3.63) is 54.7 Å². The highest BCUT2D eigenvalue weighted by molar-refractivity contribution is 7.89. The summed E-state index contributed by atoms with van der Waals surface area (Å²) in [5.74, 6) is 0.0132. The van der Waals surface area contributed by atoms with E-state index >= 15 is 0 Å². The van der Waals surface area contributed by atoms with Crippen LogP contribution < -0.4 is 4.90 Å². The Balaban J connectivity index is 1.49. The molecule has 1 aromatic carbocycles. The topological polar surface area (TPSA) is 90.9 Å². The summed E-state index contributed by atoms with van der Waals surface area (Å²) in [6.07, 6.45) is 1.99. The minimum atomic E-state index is -4.06. The van der Waals surface area contributed by atoms with Gasteiger partial charge in [-0.15, -0.1) is 0 Å². The van der Waals surface area contributed by atoms with Gasteiger partial charge < -0.3 is 9.80 Å². The Labute approximate surface area is 169 Å². The van der Waals surface area contributed by atoms with Gasteiger partial charge in [0.25, 0.3) is 10.0 Å². The first-order valence-corrected chi connectivity index (χ1v) is 11.0. The van der Waals surface area contributed by atoms with Gasteiger partial charge in [-0.05, 0) is 30.7 Å². The Kier molecular flexibility index (Phi) is 5.23. The molecule has 2 saturated heterocycles. The second-order valence-corrected chi connectivity index (χ2v) is 8.88. The van der Waals surface area contributed by atoms with Crippen LogP contribution in [0.3, 0.4) is 0 Å². The zero-order valence-electron chi connectivity index (χ0n) is 15.8. The van der Waals surface area contributed by atoms with Crippen LogP contribution in [0.2, 0.25) is 0 Å². The Morgan fingerprint density at radius 2 is 1.66 bits per heavy atom. The molecule has 3 heterocycles. The van der Waals surface area contributed by atoms with E-state index in [2.05, 4.69) is 9.88 Å². The molecule has 0 N–H and O–H groups in total. The van der Waals surface area contributed by atoms with Crippen molar-refractivity contribution in [1.29, 1.82) is 0 Å². The van der Waals surface area contributed by atoms with E-state index < -0.39 is 22.0 Å². The number of carbonyl (C=O) groups is 2. The van der Waals surface area contributed by atoms with Crippen LogP contribution in [0, 0.1) is 0 Å². The molecule has 2 aliphatic heterocycles. The van der Waals surface area contributed by atoms with Gasteiger partial charge in [0.05, 0.1) is 4.90 Å². The molecule has 4 rings (SSSR count). The zero-order chi connectivity index (χ0) is 20.4. The number of piperazine rings is 1. The molecule has 2 amide bonds. The minimum Gasteiger partial charge on any atom is -0.353 e. The number of amides is 2. The van der Waals surface area contributed by atoms with Crippen molar-refractivity contribution in [1.82, 2.24) is 14.2 Å². The molecule has 0 unspecified atom stereocenters. The van der Waals surface area contributed by atoms with Crippen LogP contribution in [-0.2, 0) is 19.6 Å². The average Bonchev–Trinajstić information content (AvgIpc) is 3.17. The highest BCUT2D eigenvalue weighted by atomic mass is 32.2. The number of rotatable bonds is 4. The first-order valence-electron chi connectivity index (χ1n) is 9.55. The lowest BCUT2D eigenvalue weighted by Gasteiger charge is -2.37. The summed E-state index contributed by atoms with van der Waals surface area (Å²) in [5, 5.41) is 0. The van der Waals surface area contributed by atoms with Crippen LogP contribution >= 0.6 is 0 Å². The van der Waals surface area contributed by atoms with Crippen molar-refractivity contribution >= 4 is 27.7 Å². The molecule has 0 radical (unpaired) electrons. The SMILES string of the molecule is O=C([C@@H]1CCC(=O)N1S(=O)(=O)c1ccccc1)N1CCN(c2ccccn2)CC1. The van der Waals surface area contributed by atoms with Gasteiger partial charge >= 0.3 is 0 Å². The normalized spacial score (nSPS) is 20.2. The van der Waals surface area contributed by atoms with Gasteiger partial charge in [0, 0.05) is 38.8 Å². The van der Waals surface area contributed by atoms with Crippen LogP contribution in [0.25, 0.3) is 0 Å². The standard InChI is InChI=1S/C20H22N4O4S/c25-19-10-9-17(24(19)29(27,28)16-6-2-1-3-7-16)20(26)23-14-12-22(13-15-23)18-8-4-5-11-21-18/h1-8,11,17H,9-10,12-15H2/t17-/m0/s1. The number of carbonyl (C=O) groups excluding carboxylic acids is 2. The van der Waals surface area contributed by atoms with Gasteiger partial charge in [0.15, 0.2) is 0 Å². The third-order valence-electron chi connectivity index (χ3n) is 5.31. The maximum absolute atomic E-state index is 13.1. The van der Waals surface area contributed by atoms with E-state index in [1.807, 2.05) is 18.2 Å². The van der Waals surface area contributed by atoms with E-state index in [0.717, 1.165) is 10.1 Å². The summed E-state index contributed by atoms with van der Waals surface area (Å²) in [5.41, 5.74) is 0. The van der Waals surface area contributed by atoms with Crippen LogP contribution in [0.1, 0.15) is 12.8 Å². The summed E-state index contributed by atoms with van der Waals surface area (Å²) in [4.78, 5) is 33.6. The Bertz CT molecular complexity index is 990. The van der Waals surface area contributed by atoms with Gasteiger partial charge in [-0.2, -0.15) is 0 Å². The first-order chi connectivity index (χ1) is 14.0. The van der Waals surface area contributed by atoms with Crippen molar-refractivity contribution in [3.8, 4) is 0 Å². The van der Waals surface area contributed by atoms with Gasteiger partial charge in [0.2, 0.25) is 11.8 Å². The molecule has 2 aliphatic rings. The molecule has 9 heteroatoms. The Morgan fingerprint density at radius 3 is 2.31 bits per heavy atom. The van der Waals surface area contributed by atoms with Crippen LogP contribution in [0.15, 0.2) is 59.6 Å². The maximum Gasteiger partial charge on any atom is 0.267 e. The quantitative estimate of drug-likeness (QED) is 0.744. The summed E-state index contributed by atoms with van der Waals surface area (Å²) >= 11 is 0. The number of anilines is 1. The summed E-state index contributed by atoms with van der Waals surface area (Å²) in [7, 11) is -4.06. The number of hydrogen-bond acceptors (Lipinski definition) is 6. The number of hydrogen-bond donors (Lipinski definition) is 0. The molecule has 1 atom stereocenters. The molecule has 0 saturated carbocycles. The molecular formula is C20H22N4O4S. The van der Waals surface area contributed by atoms with Crippen molar-refractivity contribution in [3.63, 3.8) is 0 Å². The van der Waals surface area contributed by atoms with Crippen molar-refractivity contribution in [2.75, 3.05) is 31.1 Å². The largest absolute Gasteiger partial charge is 0.353 e. The highest BCUT2D eigenvalue weighted by Crippen LogP contribution is 2.28. The summed E-state index contributed by atoms with van der Waals surface area (Å²) < 4.78 is 26.8. The fourth-order valence-corrected chi connectivity index (χ4v) is 5.42. The van der Waals surface area contributed by atoms with Crippen molar-refractivity contribution in [2.24, 2.45) is 0 Å². The molecule has 29 heavy (non-hydrogen) atoms. The highest BCUT2D eigenvalue weighted by Gasteiger charge is 2.45. The lowest BCUT2D eigenvalue weighted by Crippen LogP contribution is -2.55. The fraction of sp³-hybridized carbons (Fsp3) is 0.350. The molecule has 0 bridgehead atoms. The number of aromatic nitrogens is 1.